The molecule has 1 rings (SSSR count). The second kappa shape index (κ2) is 4.27. The maximum Gasteiger partial charge on any atom is 0.335 e. The van der Waals surface area contributed by atoms with Crippen molar-refractivity contribution in [1.29, 1.82) is 0 Å². The zero-order valence-electron chi connectivity index (χ0n) is 8.31. The van der Waals surface area contributed by atoms with Crippen LogP contribution >= 0.6 is 0 Å². The van der Waals surface area contributed by atoms with E-state index in [9.17, 15) is 13.2 Å². The molecule has 0 aromatic heterocycles. The Labute approximate surface area is 88.7 Å². The molecule has 0 fully saturated rings. The summed E-state index contributed by atoms with van der Waals surface area (Å²) in [7, 11) is -2.27. The fourth-order valence-electron chi connectivity index (χ4n) is 1.30. The van der Waals surface area contributed by atoms with E-state index in [1.165, 1.54) is 12.1 Å². The molecule has 0 saturated carbocycles. The highest BCUT2D eigenvalue weighted by Gasteiger charge is 2.10. The Balaban J connectivity index is 3.47. The van der Waals surface area contributed by atoms with Crippen LogP contribution in [0.25, 0.3) is 0 Å². The first-order valence-corrected chi connectivity index (χ1v) is 5.33. The van der Waals surface area contributed by atoms with Gasteiger partial charge in [0.15, 0.2) is 0 Å². The highest BCUT2D eigenvalue weighted by atomic mass is 32.2. The van der Waals surface area contributed by atoms with Crippen LogP contribution in [0.15, 0.2) is 12.1 Å². The summed E-state index contributed by atoms with van der Waals surface area (Å²) in [5.41, 5.74) is 1.97. The summed E-state index contributed by atoms with van der Waals surface area (Å²) in [5, 5.41) is 9.89. The fraction of sp³-hybridized carbons (Fsp3) is 0.200. The van der Waals surface area contributed by atoms with E-state index < -0.39 is 16.3 Å². The van der Waals surface area contributed by atoms with Gasteiger partial charge >= 0.3 is 5.97 Å². The lowest BCUT2D eigenvalue weighted by molar-refractivity contribution is 0.0696. The Kier molecular flexibility index (Phi) is 3.26. The van der Waals surface area contributed by atoms with Gasteiger partial charge in [0.1, 0.15) is 0 Å². The lowest BCUT2D eigenvalue weighted by Crippen LogP contribution is -2.03. The van der Waals surface area contributed by atoms with Crippen LogP contribution in [-0.4, -0.2) is 24.9 Å². The monoisotopic (exact) mass is 226 g/mol. The third-order valence-electron chi connectivity index (χ3n) is 2.28. The van der Waals surface area contributed by atoms with Crippen LogP contribution in [0.2, 0.25) is 0 Å². The molecule has 0 spiro atoms. The number of aromatic carboxylic acids is 1. The van der Waals surface area contributed by atoms with Crippen molar-refractivity contribution in [2.75, 3.05) is 0 Å². The van der Waals surface area contributed by atoms with Crippen LogP contribution in [0.1, 0.15) is 27.0 Å². The van der Waals surface area contributed by atoms with Crippen molar-refractivity contribution in [3.63, 3.8) is 0 Å². The van der Waals surface area contributed by atoms with Crippen molar-refractivity contribution in [1.82, 2.24) is 0 Å². The largest absolute Gasteiger partial charge is 0.478 e. The van der Waals surface area contributed by atoms with E-state index in [1.54, 1.807) is 13.8 Å². The first-order valence-electron chi connectivity index (χ1n) is 4.20. The van der Waals surface area contributed by atoms with Gasteiger partial charge in [-0.25, -0.2) is 4.79 Å². The Morgan fingerprint density at radius 1 is 1.27 bits per heavy atom. The molecule has 0 amide bonds. The van der Waals surface area contributed by atoms with Crippen LogP contribution in [0.5, 0.6) is 0 Å². The molecular weight excluding hydrogens is 216 g/mol. The molecule has 0 saturated heterocycles. The molecule has 0 heterocycles. The number of hydrogen-bond acceptors (Lipinski definition) is 3. The third-order valence-corrected chi connectivity index (χ3v) is 2.73. The molecular formula is C10H10O4S. The lowest BCUT2D eigenvalue weighted by Gasteiger charge is -2.06. The van der Waals surface area contributed by atoms with Crippen molar-refractivity contribution in [3.05, 3.63) is 34.4 Å². The van der Waals surface area contributed by atoms with Gasteiger partial charge in [-0.2, -0.15) is 8.42 Å². The van der Waals surface area contributed by atoms with Gasteiger partial charge in [-0.3, -0.25) is 0 Å². The van der Waals surface area contributed by atoms with Gasteiger partial charge < -0.3 is 5.11 Å². The Morgan fingerprint density at radius 3 is 2.33 bits per heavy atom. The summed E-state index contributed by atoms with van der Waals surface area (Å²) in [5.74, 6) is -1.01. The van der Waals surface area contributed by atoms with Crippen LogP contribution in [0.4, 0.5) is 0 Å². The number of carboxylic acid groups (broad SMARTS) is 1. The molecule has 1 aromatic carbocycles. The average molecular weight is 226 g/mol. The average Bonchev–Trinajstić information content (AvgIpc) is 2.12. The summed E-state index contributed by atoms with van der Waals surface area (Å²) in [6.07, 6.45) is 0. The molecule has 0 aliphatic heterocycles. The summed E-state index contributed by atoms with van der Waals surface area (Å²) in [4.78, 5) is 10.8. The second-order valence-corrected chi connectivity index (χ2v) is 3.89. The standard InChI is InChI=1S/C10H10O4S/c1-6-7(2)9(10(11)12)4-3-8(6)5-15(13)14/h3-5H,1-2H3,(H,11,12). The lowest BCUT2D eigenvalue weighted by atomic mass is 9.99. The van der Waals surface area contributed by atoms with Gasteiger partial charge in [-0.05, 0) is 36.6 Å². The van der Waals surface area contributed by atoms with Crippen LogP contribution in [-0.2, 0) is 10.3 Å². The normalized spacial score (nSPS) is 9.73. The van der Waals surface area contributed by atoms with Gasteiger partial charge in [0.2, 0.25) is 10.3 Å². The molecule has 4 nitrogen and oxygen atoms in total. The zero-order valence-corrected chi connectivity index (χ0v) is 9.13. The Bertz CT molecular complexity index is 533. The van der Waals surface area contributed by atoms with Crippen LogP contribution < -0.4 is 0 Å². The minimum Gasteiger partial charge on any atom is -0.478 e. The van der Waals surface area contributed by atoms with Crippen molar-refractivity contribution >= 4 is 21.6 Å². The number of carboxylic acids is 1. The number of benzene rings is 1. The smallest absolute Gasteiger partial charge is 0.335 e. The Hall–Kier alpha value is -1.62. The van der Waals surface area contributed by atoms with Crippen LogP contribution in [0, 0.1) is 13.8 Å². The molecule has 0 atom stereocenters. The van der Waals surface area contributed by atoms with E-state index in [2.05, 4.69) is 0 Å². The topological polar surface area (TPSA) is 71.4 Å². The maximum absolute atomic E-state index is 10.8. The van der Waals surface area contributed by atoms with E-state index in [4.69, 9.17) is 5.11 Å². The van der Waals surface area contributed by atoms with Gasteiger partial charge in [0.05, 0.1) is 10.9 Å². The van der Waals surface area contributed by atoms with Gasteiger partial charge in [0, 0.05) is 0 Å². The molecule has 0 bridgehead atoms. The SMILES string of the molecule is Cc1c(C=S(=O)=O)ccc(C(=O)O)c1C. The Morgan fingerprint density at radius 2 is 1.87 bits per heavy atom. The van der Waals surface area contributed by atoms with Crippen molar-refractivity contribution in [2.24, 2.45) is 0 Å². The molecule has 0 radical (unpaired) electrons. The summed E-state index contributed by atoms with van der Waals surface area (Å²) < 4.78 is 21.0. The van der Waals surface area contributed by atoms with Gasteiger partial charge in [-0.1, -0.05) is 6.07 Å². The molecule has 15 heavy (non-hydrogen) atoms. The molecule has 5 heteroatoms. The summed E-state index contributed by atoms with van der Waals surface area (Å²) in [6.45, 7) is 3.35. The number of hydrogen-bond donors (Lipinski definition) is 1. The first kappa shape index (κ1) is 11.5. The first-order chi connectivity index (χ1) is 6.93. The van der Waals surface area contributed by atoms with Gasteiger partial charge in [-0.15, -0.1) is 0 Å². The molecule has 80 valence electrons. The second-order valence-electron chi connectivity index (χ2n) is 3.14. The summed E-state index contributed by atoms with van der Waals surface area (Å²) >= 11 is 0. The molecule has 1 N–H and O–H groups in total. The predicted molar refractivity (Wildman–Crippen MR) is 57.0 cm³/mol. The van der Waals surface area contributed by atoms with Crippen molar-refractivity contribution < 1.29 is 18.3 Å². The van der Waals surface area contributed by atoms with E-state index in [0.29, 0.717) is 16.7 Å². The molecule has 0 aliphatic carbocycles. The highest BCUT2D eigenvalue weighted by molar-refractivity contribution is 7.71. The maximum atomic E-state index is 10.8. The van der Waals surface area contributed by atoms with E-state index in [1.807, 2.05) is 0 Å². The zero-order chi connectivity index (χ0) is 11.6. The van der Waals surface area contributed by atoms with Crippen LogP contribution in [0.3, 0.4) is 0 Å². The molecule has 0 unspecified atom stereocenters. The van der Waals surface area contributed by atoms with Gasteiger partial charge in [0.25, 0.3) is 0 Å². The predicted octanol–water partition coefficient (Wildman–Crippen LogP) is 1.03. The van der Waals surface area contributed by atoms with E-state index >= 15 is 0 Å². The number of carbonyl (C=O) groups is 1. The number of rotatable bonds is 2. The van der Waals surface area contributed by atoms with Crippen molar-refractivity contribution in [3.8, 4) is 0 Å². The molecule has 1 aromatic rings. The van der Waals surface area contributed by atoms with Crippen molar-refractivity contribution in [2.45, 2.75) is 13.8 Å². The van der Waals surface area contributed by atoms with E-state index in [-0.39, 0.29) is 5.56 Å². The highest BCUT2D eigenvalue weighted by Crippen LogP contribution is 2.16. The molecule has 0 aliphatic rings. The van der Waals surface area contributed by atoms with E-state index in [0.717, 1.165) is 5.37 Å². The quantitative estimate of drug-likeness (QED) is 0.764. The minimum atomic E-state index is -2.27. The fourth-order valence-corrected chi connectivity index (χ4v) is 1.77. The minimum absolute atomic E-state index is 0.196. The summed E-state index contributed by atoms with van der Waals surface area (Å²) in [6, 6.07) is 2.89. The third kappa shape index (κ3) is 2.44.